The van der Waals surface area contributed by atoms with Gasteiger partial charge < -0.3 is 10.1 Å². The number of nitrogens with zero attached hydrogens (tertiary/aromatic N) is 1. The molecule has 108 valence electrons. The Bertz CT molecular complexity index is 521. The highest BCUT2D eigenvalue weighted by atomic mass is 19.1. The van der Waals surface area contributed by atoms with Gasteiger partial charge in [-0.3, -0.25) is 9.69 Å². The summed E-state index contributed by atoms with van der Waals surface area (Å²) in [4.78, 5) is 14.2. The number of hydrogen-bond donors (Lipinski definition) is 1. The van der Waals surface area contributed by atoms with Gasteiger partial charge in [0.15, 0.2) is 0 Å². The molecule has 0 spiro atoms. The Kier molecular flexibility index (Phi) is 3.72. The number of hydrogen-bond acceptors (Lipinski definition) is 3. The smallest absolute Gasteiger partial charge is 0.227 e. The van der Waals surface area contributed by atoms with Crippen molar-refractivity contribution in [2.24, 2.45) is 5.92 Å². The molecule has 5 heteroatoms. The number of halogens is 1. The summed E-state index contributed by atoms with van der Waals surface area (Å²) in [5, 5.41) is 3.01. The molecule has 2 heterocycles. The van der Waals surface area contributed by atoms with Crippen LogP contribution in [0.1, 0.15) is 11.1 Å². The maximum atomic E-state index is 13.3. The summed E-state index contributed by atoms with van der Waals surface area (Å²) >= 11 is 0. The Labute approximate surface area is 117 Å². The van der Waals surface area contributed by atoms with Gasteiger partial charge in [-0.2, -0.15) is 0 Å². The molecule has 0 aliphatic carbocycles. The number of amides is 1. The normalized spacial score (nSPS) is 27.0. The second-order valence-corrected chi connectivity index (χ2v) is 5.72. The van der Waals surface area contributed by atoms with Gasteiger partial charge in [-0.25, -0.2) is 4.39 Å². The lowest BCUT2D eigenvalue weighted by Crippen LogP contribution is -2.41. The molecule has 2 aliphatic rings. The van der Waals surface area contributed by atoms with Crippen molar-refractivity contribution < 1.29 is 13.9 Å². The van der Waals surface area contributed by atoms with Gasteiger partial charge in [-0.05, 0) is 24.1 Å². The van der Waals surface area contributed by atoms with Crippen LogP contribution in [0.2, 0.25) is 0 Å². The number of aryl methyl sites for hydroxylation is 1. The van der Waals surface area contributed by atoms with Crippen molar-refractivity contribution in [3.05, 3.63) is 35.1 Å². The molecular formula is C15H19FN2O2. The predicted octanol–water partition coefficient (Wildman–Crippen LogP) is 1.08. The Morgan fingerprint density at radius 3 is 3.05 bits per heavy atom. The zero-order valence-corrected chi connectivity index (χ0v) is 11.6. The van der Waals surface area contributed by atoms with E-state index in [1.807, 2.05) is 12.1 Å². The predicted molar refractivity (Wildman–Crippen MR) is 72.7 cm³/mol. The lowest BCUT2D eigenvalue weighted by Gasteiger charge is -2.27. The average Bonchev–Trinajstić information content (AvgIpc) is 2.63. The fraction of sp³-hybridized carbons (Fsp3) is 0.533. The Morgan fingerprint density at radius 1 is 1.40 bits per heavy atom. The molecule has 2 aliphatic heterocycles. The monoisotopic (exact) mass is 278 g/mol. The molecule has 2 fully saturated rings. The minimum Gasteiger partial charge on any atom is -0.378 e. The van der Waals surface area contributed by atoms with Crippen LogP contribution in [0, 0.1) is 18.7 Å². The molecule has 1 aromatic carbocycles. The summed E-state index contributed by atoms with van der Waals surface area (Å²) in [7, 11) is 0. The lowest BCUT2D eigenvalue weighted by atomic mass is 10.1. The lowest BCUT2D eigenvalue weighted by molar-refractivity contribution is -0.125. The van der Waals surface area contributed by atoms with Crippen LogP contribution in [-0.4, -0.2) is 43.2 Å². The van der Waals surface area contributed by atoms with Gasteiger partial charge in [0.1, 0.15) is 5.82 Å². The highest BCUT2D eigenvalue weighted by Crippen LogP contribution is 2.17. The van der Waals surface area contributed by atoms with Gasteiger partial charge in [0.05, 0.1) is 25.2 Å². The zero-order valence-electron chi connectivity index (χ0n) is 11.6. The summed E-state index contributed by atoms with van der Waals surface area (Å²) in [6, 6.07) is 5.25. The molecule has 2 bridgehead atoms. The largest absolute Gasteiger partial charge is 0.378 e. The molecule has 20 heavy (non-hydrogen) atoms. The van der Waals surface area contributed by atoms with E-state index in [9.17, 15) is 9.18 Å². The second kappa shape index (κ2) is 5.50. The van der Waals surface area contributed by atoms with E-state index < -0.39 is 0 Å². The number of carbonyl (C=O) groups excluding carboxylic acids is 1. The zero-order chi connectivity index (χ0) is 14.1. The van der Waals surface area contributed by atoms with Gasteiger partial charge >= 0.3 is 0 Å². The van der Waals surface area contributed by atoms with Gasteiger partial charge in [0.2, 0.25) is 5.91 Å². The summed E-state index contributed by atoms with van der Waals surface area (Å²) in [6.07, 6.45) is 0. The third kappa shape index (κ3) is 2.83. The fourth-order valence-electron chi connectivity index (χ4n) is 2.91. The second-order valence-electron chi connectivity index (χ2n) is 5.72. The number of carbonyl (C=O) groups is 1. The summed E-state index contributed by atoms with van der Waals surface area (Å²) in [5.41, 5.74) is 1.74. The number of rotatable bonds is 2. The van der Waals surface area contributed by atoms with Crippen LogP contribution < -0.4 is 5.32 Å². The van der Waals surface area contributed by atoms with Crippen molar-refractivity contribution in [1.29, 1.82) is 0 Å². The number of fused-ring (bicyclic) bond motifs is 3. The first-order chi connectivity index (χ1) is 9.61. The molecule has 2 atom stereocenters. The van der Waals surface area contributed by atoms with Crippen LogP contribution in [0.25, 0.3) is 0 Å². The van der Waals surface area contributed by atoms with Crippen LogP contribution >= 0.6 is 0 Å². The van der Waals surface area contributed by atoms with E-state index >= 15 is 0 Å². The van der Waals surface area contributed by atoms with Gasteiger partial charge in [-0.15, -0.1) is 0 Å². The molecule has 1 aromatic rings. The maximum absolute atomic E-state index is 13.3. The first kappa shape index (κ1) is 13.5. The first-order valence-electron chi connectivity index (χ1n) is 6.97. The fourth-order valence-corrected chi connectivity index (χ4v) is 2.91. The van der Waals surface area contributed by atoms with Crippen LogP contribution in [0.4, 0.5) is 4.39 Å². The maximum Gasteiger partial charge on any atom is 0.227 e. The van der Waals surface area contributed by atoms with Crippen molar-refractivity contribution in [2.45, 2.75) is 19.5 Å². The summed E-state index contributed by atoms with van der Waals surface area (Å²) < 4.78 is 18.8. The minimum absolute atomic E-state index is 0.0524. The van der Waals surface area contributed by atoms with Crippen molar-refractivity contribution in [1.82, 2.24) is 10.2 Å². The van der Waals surface area contributed by atoms with Crippen LogP contribution in [0.5, 0.6) is 0 Å². The molecule has 0 saturated carbocycles. The van der Waals surface area contributed by atoms with E-state index in [-0.39, 0.29) is 23.7 Å². The van der Waals surface area contributed by atoms with E-state index in [1.54, 1.807) is 6.92 Å². The minimum atomic E-state index is -0.174. The van der Waals surface area contributed by atoms with Crippen LogP contribution in [0.3, 0.4) is 0 Å². The summed E-state index contributed by atoms with van der Waals surface area (Å²) in [6.45, 7) is 5.04. The molecule has 4 nitrogen and oxygen atoms in total. The Morgan fingerprint density at radius 2 is 2.25 bits per heavy atom. The molecule has 0 aromatic heterocycles. The summed E-state index contributed by atoms with van der Waals surface area (Å²) in [5.74, 6) is -0.193. The number of benzene rings is 1. The van der Waals surface area contributed by atoms with Crippen molar-refractivity contribution in [3.8, 4) is 0 Å². The van der Waals surface area contributed by atoms with Gasteiger partial charge in [0.25, 0.3) is 0 Å². The molecule has 2 saturated heterocycles. The van der Waals surface area contributed by atoms with Crippen LogP contribution in [0.15, 0.2) is 18.2 Å². The number of nitrogens with one attached hydrogen (secondary N) is 1. The van der Waals surface area contributed by atoms with E-state index in [1.165, 1.54) is 6.07 Å². The highest BCUT2D eigenvalue weighted by molar-refractivity contribution is 5.79. The SMILES string of the molecule is Cc1cc(CN2C[C@H]3COC[C@@H](C2)C(=O)N3)ccc1F. The Hall–Kier alpha value is -1.46. The van der Waals surface area contributed by atoms with Gasteiger partial charge in [-0.1, -0.05) is 12.1 Å². The van der Waals surface area contributed by atoms with E-state index in [2.05, 4.69) is 10.2 Å². The van der Waals surface area contributed by atoms with Crippen molar-refractivity contribution in [2.75, 3.05) is 26.3 Å². The topological polar surface area (TPSA) is 41.6 Å². The highest BCUT2D eigenvalue weighted by Gasteiger charge is 2.33. The van der Waals surface area contributed by atoms with E-state index in [4.69, 9.17) is 4.74 Å². The quantitative estimate of drug-likeness (QED) is 0.880. The number of ether oxygens (including phenoxy) is 1. The molecule has 1 amide bonds. The molecule has 3 rings (SSSR count). The van der Waals surface area contributed by atoms with Crippen LogP contribution in [-0.2, 0) is 16.1 Å². The first-order valence-corrected chi connectivity index (χ1v) is 6.97. The third-order valence-electron chi connectivity index (χ3n) is 3.94. The van der Waals surface area contributed by atoms with Gasteiger partial charge in [0, 0.05) is 19.6 Å². The van der Waals surface area contributed by atoms with Crippen molar-refractivity contribution in [3.63, 3.8) is 0 Å². The molecule has 0 unspecified atom stereocenters. The standard InChI is InChI=1S/C15H19FN2O2/c1-10-4-11(2-3-14(10)16)5-18-6-12-8-20-9-13(7-18)17-15(12)19/h2-4,12-13H,5-9H2,1H3,(H,17,19)/t12-,13+/m1/s1. The van der Waals surface area contributed by atoms with E-state index in [0.29, 0.717) is 25.3 Å². The third-order valence-corrected chi connectivity index (χ3v) is 3.94. The average molecular weight is 278 g/mol. The molecule has 0 radical (unpaired) electrons. The molecule has 1 N–H and O–H groups in total. The Balaban J connectivity index is 1.74. The van der Waals surface area contributed by atoms with E-state index in [0.717, 1.165) is 18.7 Å². The van der Waals surface area contributed by atoms with Crippen molar-refractivity contribution >= 4 is 5.91 Å². The molecular weight excluding hydrogens is 259 g/mol.